The Balaban J connectivity index is 3.46. The van der Waals surface area contributed by atoms with Gasteiger partial charge in [0.15, 0.2) is 0 Å². The van der Waals surface area contributed by atoms with Crippen molar-refractivity contribution in [3.05, 3.63) is 0 Å². The molecule has 1 unspecified atom stereocenters. The molecule has 3 nitrogen and oxygen atoms in total. The summed E-state index contributed by atoms with van der Waals surface area (Å²) in [5.74, 6) is 1.64. The lowest BCUT2D eigenvalue weighted by Gasteiger charge is -2.19. The van der Waals surface area contributed by atoms with Crippen LogP contribution in [-0.4, -0.2) is 23.0 Å². The molecule has 4 N–H and O–H groups in total. The van der Waals surface area contributed by atoms with Crippen molar-refractivity contribution in [2.75, 3.05) is 11.5 Å². The van der Waals surface area contributed by atoms with Crippen molar-refractivity contribution in [2.45, 2.75) is 38.6 Å². The van der Waals surface area contributed by atoms with E-state index in [0.717, 1.165) is 11.5 Å². The molecule has 0 saturated heterocycles. The number of hydrogen-bond acceptors (Lipinski definition) is 3. The third-order valence-corrected chi connectivity index (χ3v) is 3.04. The highest BCUT2D eigenvalue weighted by Crippen LogP contribution is 2.12. The van der Waals surface area contributed by atoms with E-state index in [4.69, 9.17) is 11.5 Å². The van der Waals surface area contributed by atoms with Crippen molar-refractivity contribution < 1.29 is 4.79 Å². The van der Waals surface area contributed by atoms with E-state index in [9.17, 15) is 4.79 Å². The van der Waals surface area contributed by atoms with E-state index in [2.05, 4.69) is 6.92 Å². The average molecular weight is 204 g/mol. The van der Waals surface area contributed by atoms with Gasteiger partial charge in [-0.2, -0.15) is 11.8 Å². The quantitative estimate of drug-likeness (QED) is 0.610. The lowest BCUT2D eigenvalue weighted by molar-refractivity contribution is -0.122. The maximum atomic E-state index is 10.8. The summed E-state index contributed by atoms with van der Waals surface area (Å²) in [6, 6.07) is 0. The zero-order valence-corrected chi connectivity index (χ0v) is 9.32. The standard InChI is InChI=1S/C9H20N2OS/c1-3-4-6-13-7-5-9(2,11)8(10)12/h3-7,11H2,1-2H3,(H2,10,12). The second-order valence-corrected chi connectivity index (χ2v) is 4.72. The number of unbranched alkanes of at least 4 members (excludes halogenated alkanes) is 1. The Morgan fingerprint density at radius 1 is 1.46 bits per heavy atom. The highest BCUT2D eigenvalue weighted by molar-refractivity contribution is 7.99. The van der Waals surface area contributed by atoms with E-state index in [1.165, 1.54) is 12.8 Å². The van der Waals surface area contributed by atoms with Crippen molar-refractivity contribution in [1.82, 2.24) is 0 Å². The molecule has 0 aliphatic rings. The number of carbonyl (C=O) groups is 1. The third-order valence-electron chi connectivity index (χ3n) is 1.97. The molecule has 0 bridgehead atoms. The summed E-state index contributed by atoms with van der Waals surface area (Å²) in [5, 5.41) is 0. The van der Waals surface area contributed by atoms with Gasteiger partial charge in [-0.25, -0.2) is 0 Å². The van der Waals surface area contributed by atoms with Crippen LogP contribution in [0.2, 0.25) is 0 Å². The number of carbonyl (C=O) groups excluding carboxylic acids is 1. The Hall–Kier alpha value is -0.220. The average Bonchev–Trinajstić information content (AvgIpc) is 2.03. The molecular formula is C9H20N2OS. The van der Waals surface area contributed by atoms with Gasteiger partial charge in [-0.15, -0.1) is 0 Å². The molecule has 0 heterocycles. The summed E-state index contributed by atoms with van der Waals surface area (Å²) >= 11 is 1.83. The normalized spacial score (nSPS) is 15.3. The minimum atomic E-state index is -0.834. The molecule has 0 aliphatic carbocycles. The second-order valence-electron chi connectivity index (χ2n) is 3.50. The van der Waals surface area contributed by atoms with Crippen LogP contribution in [-0.2, 0) is 4.79 Å². The highest BCUT2D eigenvalue weighted by atomic mass is 32.2. The van der Waals surface area contributed by atoms with Gasteiger partial charge in [0.05, 0.1) is 5.54 Å². The number of amides is 1. The Labute approximate surface area is 84.6 Å². The topological polar surface area (TPSA) is 69.1 Å². The molecule has 0 saturated carbocycles. The minimum Gasteiger partial charge on any atom is -0.368 e. The molecule has 0 aromatic rings. The number of nitrogens with two attached hydrogens (primary N) is 2. The minimum absolute atomic E-state index is 0.413. The monoisotopic (exact) mass is 204 g/mol. The number of thioether (sulfide) groups is 1. The van der Waals surface area contributed by atoms with Crippen molar-refractivity contribution in [3.8, 4) is 0 Å². The largest absolute Gasteiger partial charge is 0.368 e. The van der Waals surface area contributed by atoms with E-state index in [1.807, 2.05) is 11.8 Å². The first kappa shape index (κ1) is 12.8. The van der Waals surface area contributed by atoms with Crippen LogP contribution in [0.5, 0.6) is 0 Å². The van der Waals surface area contributed by atoms with Crippen LogP contribution in [0.15, 0.2) is 0 Å². The van der Waals surface area contributed by atoms with Crippen LogP contribution in [0.25, 0.3) is 0 Å². The maximum absolute atomic E-state index is 10.8. The highest BCUT2D eigenvalue weighted by Gasteiger charge is 2.24. The zero-order chi connectivity index (χ0) is 10.3. The summed E-state index contributed by atoms with van der Waals surface area (Å²) in [6.07, 6.45) is 3.10. The SMILES string of the molecule is CCCCSCCC(C)(N)C(N)=O. The van der Waals surface area contributed by atoms with Gasteiger partial charge >= 0.3 is 0 Å². The Bertz CT molecular complexity index is 160. The molecule has 1 amide bonds. The fourth-order valence-corrected chi connectivity index (χ4v) is 2.02. The summed E-state index contributed by atoms with van der Waals surface area (Å²) in [6.45, 7) is 3.85. The van der Waals surface area contributed by atoms with Gasteiger partial charge in [-0.3, -0.25) is 4.79 Å². The predicted octanol–water partition coefficient (Wildman–Crippen LogP) is 1.11. The molecule has 1 atom stereocenters. The van der Waals surface area contributed by atoms with Gasteiger partial charge in [0.25, 0.3) is 0 Å². The molecule has 78 valence electrons. The maximum Gasteiger partial charge on any atom is 0.237 e. The van der Waals surface area contributed by atoms with Crippen LogP contribution in [0, 0.1) is 0 Å². The molecule has 0 aliphatic heterocycles. The van der Waals surface area contributed by atoms with E-state index in [0.29, 0.717) is 6.42 Å². The molecule has 13 heavy (non-hydrogen) atoms. The number of hydrogen-bond donors (Lipinski definition) is 2. The molecule has 0 spiro atoms. The first-order valence-electron chi connectivity index (χ1n) is 4.67. The van der Waals surface area contributed by atoms with Gasteiger partial charge in [0, 0.05) is 0 Å². The lowest BCUT2D eigenvalue weighted by Crippen LogP contribution is -2.49. The van der Waals surface area contributed by atoms with Crippen molar-refractivity contribution in [3.63, 3.8) is 0 Å². The van der Waals surface area contributed by atoms with Crippen LogP contribution in [0.4, 0.5) is 0 Å². The Morgan fingerprint density at radius 2 is 2.08 bits per heavy atom. The molecule has 0 aromatic heterocycles. The van der Waals surface area contributed by atoms with Gasteiger partial charge in [0.1, 0.15) is 0 Å². The summed E-state index contributed by atoms with van der Waals surface area (Å²) in [5.41, 5.74) is 9.99. The number of rotatable bonds is 7. The van der Waals surface area contributed by atoms with Gasteiger partial charge in [-0.05, 0) is 31.3 Å². The molecule has 0 aromatic carbocycles. The van der Waals surface area contributed by atoms with Crippen LogP contribution in [0.1, 0.15) is 33.1 Å². The Kier molecular flexibility index (Phi) is 6.16. The van der Waals surface area contributed by atoms with E-state index >= 15 is 0 Å². The van der Waals surface area contributed by atoms with Crippen molar-refractivity contribution in [2.24, 2.45) is 11.5 Å². The first-order valence-corrected chi connectivity index (χ1v) is 5.82. The van der Waals surface area contributed by atoms with Crippen LogP contribution < -0.4 is 11.5 Å². The summed E-state index contributed by atoms with van der Waals surface area (Å²) in [7, 11) is 0. The van der Waals surface area contributed by atoms with E-state index in [1.54, 1.807) is 6.92 Å². The summed E-state index contributed by atoms with van der Waals surface area (Å²) < 4.78 is 0. The molecule has 0 rings (SSSR count). The van der Waals surface area contributed by atoms with E-state index < -0.39 is 11.4 Å². The molecule has 4 heteroatoms. The van der Waals surface area contributed by atoms with Gasteiger partial charge < -0.3 is 11.5 Å². The fraction of sp³-hybridized carbons (Fsp3) is 0.889. The van der Waals surface area contributed by atoms with Crippen LogP contribution in [0.3, 0.4) is 0 Å². The lowest BCUT2D eigenvalue weighted by atomic mass is 10.0. The fourth-order valence-electron chi connectivity index (χ4n) is 0.756. The predicted molar refractivity (Wildman–Crippen MR) is 58.6 cm³/mol. The van der Waals surface area contributed by atoms with Crippen molar-refractivity contribution in [1.29, 1.82) is 0 Å². The molecule has 0 radical (unpaired) electrons. The zero-order valence-electron chi connectivity index (χ0n) is 8.51. The third kappa shape index (κ3) is 5.93. The molecular weight excluding hydrogens is 184 g/mol. The van der Waals surface area contributed by atoms with Gasteiger partial charge in [0.2, 0.25) is 5.91 Å². The summed E-state index contributed by atoms with van der Waals surface area (Å²) in [4.78, 5) is 10.8. The molecule has 0 fully saturated rings. The number of primary amides is 1. The second kappa shape index (κ2) is 6.27. The van der Waals surface area contributed by atoms with Gasteiger partial charge in [-0.1, -0.05) is 13.3 Å². The van der Waals surface area contributed by atoms with Crippen molar-refractivity contribution >= 4 is 17.7 Å². The Morgan fingerprint density at radius 3 is 2.54 bits per heavy atom. The smallest absolute Gasteiger partial charge is 0.237 e. The van der Waals surface area contributed by atoms with Crippen LogP contribution >= 0.6 is 11.8 Å². The first-order chi connectivity index (χ1) is 6.00. The van der Waals surface area contributed by atoms with E-state index in [-0.39, 0.29) is 0 Å².